The summed E-state index contributed by atoms with van der Waals surface area (Å²) in [4.78, 5) is 18.5. The van der Waals surface area contributed by atoms with E-state index in [1.54, 1.807) is 0 Å². The maximum atomic E-state index is 9.26. The molecule has 0 aliphatic carbocycles. The summed E-state index contributed by atoms with van der Waals surface area (Å²) in [5.74, 6) is -1.99. The Morgan fingerprint density at radius 1 is 0.923 bits per heavy atom. The molecule has 0 aromatic heterocycles. The Bertz CT molecular complexity index is 107. The van der Waals surface area contributed by atoms with Gasteiger partial charge < -0.3 is 26.0 Å². The summed E-state index contributed by atoms with van der Waals surface area (Å²) in [7, 11) is 0. The average Bonchev–Trinajstić information content (AvgIpc) is 1.89. The summed E-state index contributed by atoms with van der Waals surface area (Å²) in [5, 5.41) is 18.5. The van der Waals surface area contributed by atoms with Gasteiger partial charge in [-0.1, -0.05) is 13.8 Å². The minimum Gasteiger partial charge on any atom is -0.550 e. The molecule has 0 unspecified atom stereocenters. The molecule has 0 saturated heterocycles. The Balaban J connectivity index is -0.0000000267. The van der Waals surface area contributed by atoms with Crippen molar-refractivity contribution < 1.29 is 78.9 Å². The first-order chi connectivity index (χ1) is 4.54. The predicted molar refractivity (Wildman–Crippen MR) is 35.6 cm³/mol. The number of rotatable bonds is 2. The van der Waals surface area contributed by atoms with Crippen LogP contribution in [-0.4, -0.2) is 11.9 Å². The Hall–Kier alpha value is 0.900. The van der Waals surface area contributed by atoms with Gasteiger partial charge in [-0.15, -0.1) is 0 Å². The van der Waals surface area contributed by atoms with E-state index >= 15 is 0 Å². The topological polar surface area (TPSA) is 115 Å². The molecule has 0 fully saturated rings. The van der Waals surface area contributed by atoms with Crippen LogP contribution in [0.25, 0.3) is 0 Å². The van der Waals surface area contributed by atoms with Gasteiger partial charge in [0.2, 0.25) is 0 Å². The van der Waals surface area contributed by atoms with Crippen molar-refractivity contribution in [1.82, 2.24) is 6.15 Å². The molecule has 0 aliphatic heterocycles. The maximum absolute atomic E-state index is 9.26. The number of hydrogen-bond acceptors (Lipinski definition) is 5. The van der Waals surface area contributed by atoms with E-state index < -0.39 is 11.9 Å². The number of aliphatic carboxylic acids is 2. The van der Waals surface area contributed by atoms with Crippen LogP contribution in [0.2, 0.25) is 0 Å². The molecule has 7 heteroatoms. The maximum Gasteiger partial charge on any atom is 1.00 e. The molecule has 13 heavy (non-hydrogen) atoms. The van der Waals surface area contributed by atoms with Crippen molar-refractivity contribution in [2.24, 2.45) is 0 Å². The van der Waals surface area contributed by atoms with Crippen LogP contribution in [0.15, 0.2) is 0 Å². The summed E-state index contributed by atoms with van der Waals surface area (Å²) >= 11 is 0. The third-order valence-corrected chi connectivity index (χ3v) is 0.577. The first-order valence-corrected chi connectivity index (χ1v) is 2.94. The minimum absolute atomic E-state index is 0. The van der Waals surface area contributed by atoms with Gasteiger partial charge in [0.05, 0.1) is 0 Å². The molecule has 5 nitrogen and oxygen atoms in total. The van der Waals surface area contributed by atoms with Gasteiger partial charge in [-0.3, -0.25) is 0 Å². The fourth-order valence-electron chi connectivity index (χ4n) is 0. The number of carboxylic acid groups (broad SMARTS) is 2. The summed E-state index contributed by atoms with van der Waals surface area (Å²) in [5.41, 5.74) is 0. The Labute approximate surface area is 122 Å². The molecule has 0 rings (SSSR count). The molecule has 0 aromatic carbocycles. The van der Waals surface area contributed by atoms with Crippen molar-refractivity contribution in [2.75, 3.05) is 0 Å². The van der Waals surface area contributed by atoms with E-state index in [2.05, 4.69) is 0 Å². The van der Waals surface area contributed by atoms with Gasteiger partial charge in [0.1, 0.15) is 0 Å². The van der Waals surface area contributed by atoms with Gasteiger partial charge in [0, 0.05) is 11.9 Å². The summed E-state index contributed by atoms with van der Waals surface area (Å²) in [6, 6.07) is 0. The average molecular weight is 209 g/mol. The number of hydrogen-bond donors (Lipinski definition) is 1. The smallest absolute Gasteiger partial charge is 0.550 e. The van der Waals surface area contributed by atoms with E-state index in [0.29, 0.717) is 0 Å². The summed E-state index contributed by atoms with van der Waals surface area (Å²) in [6.45, 7) is 3.07. The molecule has 0 saturated carbocycles. The van der Waals surface area contributed by atoms with Gasteiger partial charge in [-0.2, -0.15) is 0 Å². The first-order valence-electron chi connectivity index (χ1n) is 2.94. The predicted octanol–water partition coefficient (Wildman–Crippen LogP) is -7.54. The molecule has 0 aromatic rings. The largest absolute Gasteiger partial charge is 1.00 e. The van der Waals surface area contributed by atoms with Gasteiger partial charge in [-0.05, 0) is 12.8 Å². The molecule has 0 atom stereocenters. The summed E-state index contributed by atoms with van der Waals surface area (Å²) in [6.07, 6.45) is 0.222. The molecule has 0 spiro atoms. The van der Waals surface area contributed by atoms with Crippen LogP contribution in [0.3, 0.4) is 0 Å². The second kappa shape index (κ2) is 23.1. The Kier molecular flexibility index (Phi) is 51.8. The van der Waals surface area contributed by atoms with Crippen molar-refractivity contribution in [3.8, 4) is 0 Å². The van der Waals surface area contributed by atoms with Crippen LogP contribution in [0.5, 0.6) is 0 Å². The third-order valence-electron chi connectivity index (χ3n) is 0.577. The third kappa shape index (κ3) is 63.8. The van der Waals surface area contributed by atoms with Crippen molar-refractivity contribution in [2.45, 2.75) is 26.7 Å². The van der Waals surface area contributed by atoms with Crippen LogP contribution >= 0.6 is 0 Å². The number of carboxylic acids is 2. The van der Waals surface area contributed by atoms with Crippen molar-refractivity contribution >= 4 is 11.9 Å². The van der Waals surface area contributed by atoms with E-state index in [0.717, 1.165) is 0 Å². The van der Waals surface area contributed by atoms with E-state index in [4.69, 9.17) is 0 Å². The zero-order chi connectivity index (χ0) is 8.57. The fourth-order valence-corrected chi connectivity index (χ4v) is 0. The van der Waals surface area contributed by atoms with Crippen molar-refractivity contribution in [1.29, 1.82) is 0 Å². The zero-order valence-electron chi connectivity index (χ0n) is 8.75. The Morgan fingerprint density at radius 2 is 1.00 bits per heavy atom. The van der Waals surface area contributed by atoms with Gasteiger partial charge >= 0.3 is 59.1 Å². The number of carbonyl (C=O) groups excluding carboxylic acids is 2. The Morgan fingerprint density at radius 3 is 1.00 bits per heavy atom. The van der Waals surface area contributed by atoms with Crippen LogP contribution in [0, 0.1) is 0 Å². The number of carbonyl (C=O) groups is 2. The molecule has 68 valence electrons. The van der Waals surface area contributed by atoms with E-state index in [1.165, 1.54) is 13.8 Å². The zero-order valence-corrected chi connectivity index (χ0v) is 12.8. The molecule has 0 aliphatic rings. The van der Waals surface area contributed by atoms with Crippen LogP contribution in [0.4, 0.5) is 0 Å². The summed E-state index contributed by atoms with van der Waals surface area (Å²) < 4.78 is 0. The molecule has 0 radical (unpaired) electrons. The SMILES string of the molecule is CCC(=O)[O-].CCC(=O)[O-].N.[Na+].[Na+]. The quantitative estimate of drug-likeness (QED) is 0.453. The standard InChI is InChI=1S/2C3H6O2.H3N.2Na/c2*1-2-3(4)5;;;/h2*2H2,1H3,(H,4,5);1H3;;/q;;;2*+1/p-2. The fraction of sp³-hybridized carbons (Fsp3) is 0.667. The van der Waals surface area contributed by atoms with Crippen LogP contribution in [-0.2, 0) is 9.59 Å². The molecule has 3 N–H and O–H groups in total. The molecule has 0 heterocycles. The second-order valence-corrected chi connectivity index (χ2v) is 1.45. The molecule has 0 amide bonds. The van der Waals surface area contributed by atoms with E-state index in [1.807, 2.05) is 0 Å². The normalized spacial score (nSPS) is 5.69. The molecular weight excluding hydrogens is 196 g/mol. The van der Waals surface area contributed by atoms with Crippen LogP contribution in [0.1, 0.15) is 26.7 Å². The van der Waals surface area contributed by atoms with Crippen molar-refractivity contribution in [3.05, 3.63) is 0 Å². The van der Waals surface area contributed by atoms with E-state index in [-0.39, 0.29) is 78.1 Å². The monoisotopic (exact) mass is 209 g/mol. The van der Waals surface area contributed by atoms with Crippen molar-refractivity contribution in [3.63, 3.8) is 0 Å². The van der Waals surface area contributed by atoms with Crippen LogP contribution < -0.4 is 75.5 Å². The first kappa shape index (κ1) is 29.2. The minimum atomic E-state index is -0.995. The van der Waals surface area contributed by atoms with Gasteiger partial charge in [-0.25, -0.2) is 0 Å². The van der Waals surface area contributed by atoms with Gasteiger partial charge in [0.15, 0.2) is 0 Å². The molecular formula is C6H13NNa2O4. The second-order valence-electron chi connectivity index (χ2n) is 1.45. The van der Waals surface area contributed by atoms with Gasteiger partial charge in [0.25, 0.3) is 0 Å². The molecule has 0 bridgehead atoms. The van der Waals surface area contributed by atoms with E-state index in [9.17, 15) is 19.8 Å².